The molecule has 2 aliphatic rings. The lowest BCUT2D eigenvalue weighted by molar-refractivity contribution is -0.115. The monoisotopic (exact) mass is 406 g/mol. The molecule has 2 aromatic carbocycles. The van der Waals surface area contributed by atoms with E-state index in [2.05, 4.69) is 5.32 Å². The highest BCUT2D eigenvalue weighted by Gasteiger charge is 2.34. The van der Waals surface area contributed by atoms with Gasteiger partial charge in [0.15, 0.2) is 0 Å². The van der Waals surface area contributed by atoms with Crippen LogP contribution in [0.15, 0.2) is 35.2 Å². The van der Waals surface area contributed by atoms with Crippen molar-refractivity contribution >= 4 is 44.9 Å². The summed E-state index contributed by atoms with van der Waals surface area (Å²) >= 11 is 6.21. The predicted molar refractivity (Wildman–Crippen MR) is 99.8 cm³/mol. The number of carbonyl (C=O) groups is 2. The fraction of sp³-hybridized carbons (Fsp3) is 0.222. The van der Waals surface area contributed by atoms with Gasteiger partial charge in [-0.2, -0.15) is 0 Å². The first-order chi connectivity index (χ1) is 12.8. The Morgan fingerprint density at radius 3 is 2.74 bits per heavy atom. The number of nitrogens with zero attached hydrogens (tertiary/aromatic N) is 1. The lowest BCUT2D eigenvalue weighted by Gasteiger charge is -2.21. The van der Waals surface area contributed by atoms with E-state index in [-0.39, 0.29) is 28.8 Å². The van der Waals surface area contributed by atoms with E-state index in [1.165, 1.54) is 29.6 Å². The maximum Gasteiger partial charge on any atom is 0.337 e. The van der Waals surface area contributed by atoms with Crippen LogP contribution in [0.4, 0.5) is 11.4 Å². The van der Waals surface area contributed by atoms with Crippen molar-refractivity contribution in [3.63, 3.8) is 0 Å². The normalized spacial score (nSPS) is 15.3. The molecule has 9 heteroatoms. The van der Waals surface area contributed by atoms with Gasteiger partial charge in [-0.15, -0.1) is 0 Å². The van der Waals surface area contributed by atoms with Crippen LogP contribution < -0.4 is 9.62 Å². The maximum absolute atomic E-state index is 13.2. The lowest BCUT2D eigenvalue weighted by atomic mass is 10.1. The third-order valence-electron chi connectivity index (χ3n) is 4.70. The minimum Gasteiger partial charge on any atom is -0.465 e. The third-order valence-corrected chi connectivity index (χ3v) is 6.98. The first-order valence-corrected chi connectivity index (χ1v) is 9.99. The molecular weight excluding hydrogens is 392 g/mol. The van der Waals surface area contributed by atoms with Crippen LogP contribution in [0.25, 0.3) is 0 Å². The zero-order valence-electron chi connectivity index (χ0n) is 14.3. The summed E-state index contributed by atoms with van der Waals surface area (Å²) in [6.07, 6.45) is 0.593. The molecule has 140 valence electrons. The van der Waals surface area contributed by atoms with Crippen molar-refractivity contribution in [2.75, 3.05) is 23.3 Å². The molecular formula is C18H15ClN2O5S. The molecule has 0 spiro atoms. The van der Waals surface area contributed by atoms with Crippen molar-refractivity contribution in [1.82, 2.24) is 0 Å². The smallest absolute Gasteiger partial charge is 0.337 e. The van der Waals surface area contributed by atoms with Gasteiger partial charge in [0.05, 0.1) is 29.8 Å². The van der Waals surface area contributed by atoms with Crippen LogP contribution in [0.2, 0.25) is 5.02 Å². The first-order valence-electron chi connectivity index (χ1n) is 8.17. The van der Waals surface area contributed by atoms with Gasteiger partial charge in [-0.05, 0) is 47.9 Å². The van der Waals surface area contributed by atoms with Crippen molar-refractivity contribution in [3.05, 3.63) is 52.0 Å². The van der Waals surface area contributed by atoms with Gasteiger partial charge in [-0.1, -0.05) is 11.6 Å². The van der Waals surface area contributed by atoms with Gasteiger partial charge in [0.25, 0.3) is 10.0 Å². The highest BCUT2D eigenvalue weighted by Crippen LogP contribution is 2.38. The van der Waals surface area contributed by atoms with Crippen molar-refractivity contribution in [2.45, 2.75) is 17.7 Å². The molecule has 0 atom stereocenters. The lowest BCUT2D eigenvalue weighted by Crippen LogP contribution is -2.29. The third kappa shape index (κ3) is 2.85. The van der Waals surface area contributed by atoms with Crippen molar-refractivity contribution < 1.29 is 22.7 Å². The van der Waals surface area contributed by atoms with Crippen molar-refractivity contribution in [1.29, 1.82) is 0 Å². The maximum atomic E-state index is 13.2. The van der Waals surface area contributed by atoms with Crippen LogP contribution in [-0.4, -0.2) is 33.9 Å². The number of anilines is 2. The molecule has 0 radical (unpaired) electrons. The Labute approximate surface area is 160 Å². The molecule has 4 rings (SSSR count). The van der Waals surface area contributed by atoms with Gasteiger partial charge >= 0.3 is 5.97 Å². The summed E-state index contributed by atoms with van der Waals surface area (Å²) in [6.45, 7) is 0.243. The van der Waals surface area contributed by atoms with E-state index < -0.39 is 16.0 Å². The zero-order chi connectivity index (χ0) is 19.3. The Bertz CT molecular complexity index is 1100. The molecule has 1 N–H and O–H groups in total. The zero-order valence-corrected chi connectivity index (χ0v) is 15.9. The molecule has 0 aliphatic carbocycles. The van der Waals surface area contributed by atoms with E-state index in [1.54, 1.807) is 12.1 Å². The van der Waals surface area contributed by atoms with E-state index >= 15 is 0 Å². The summed E-state index contributed by atoms with van der Waals surface area (Å²) in [5.74, 6) is -0.671. The van der Waals surface area contributed by atoms with Crippen LogP contribution in [0, 0.1) is 0 Å². The van der Waals surface area contributed by atoms with Gasteiger partial charge in [0.2, 0.25) is 5.91 Å². The molecule has 0 saturated carbocycles. The summed E-state index contributed by atoms with van der Waals surface area (Å²) in [5.41, 5.74) is 2.76. The standard InChI is InChI=1S/C18H15ClN2O5S/c1-26-18(23)11-2-3-15-10(6-11)4-5-21(15)27(24,25)16-7-12-8-17(22)20-14(12)9-13(16)19/h2-3,6-7,9H,4-5,8H2,1H3,(H,20,22). The van der Waals surface area contributed by atoms with Crippen molar-refractivity contribution in [3.8, 4) is 0 Å². The molecule has 27 heavy (non-hydrogen) atoms. The summed E-state index contributed by atoms with van der Waals surface area (Å²) in [4.78, 5) is 23.2. The van der Waals surface area contributed by atoms with Gasteiger partial charge in [-0.3, -0.25) is 9.10 Å². The number of halogens is 1. The number of rotatable bonds is 3. The Kier molecular flexibility index (Phi) is 4.12. The Hall–Kier alpha value is -2.58. The summed E-state index contributed by atoms with van der Waals surface area (Å²) in [6, 6.07) is 7.69. The van der Waals surface area contributed by atoms with Crippen LogP contribution in [0.1, 0.15) is 21.5 Å². The Balaban J connectivity index is 1.75. The quantitative estimate of drug-likeness (QED) is 0.790. The molecule has 2 aliphatic heterocycles. The summed E-state index contributed by atoms with van der Waals surface area (Å²) in [5, 5.41) is 2.70. The number of esters is 1. The molecule has 1 amide bonds. The first kappa shape index (κ1) is 17.8. The minimum atomic E-state index is -3.91. The van der Waals surface area contributed by atoms with E-state index in [0.29, 0.717) is 28.9 Å². The topological polar surface area (TPSA) is 92.8 Å². The number of methoxy groups -OCH3 is 1. The molecule has 7 nitrogen and oxygen atoms in total. The van der Waals surface area contributed by atoms with Crippen LogP contribution in [0.5, 0.6) is 0 Å². The minimum absolute atomic E-state index is 0.0377. The van der Waals surface area contributed by atoms with E-state index in [0.717, 1.165) is 5.56 Å². The Morgan fingerprint density at radius 2 is 2.00 bits per heavy atom. The number of ether oxygens (including phenoxy) is 1. The average Bonchev–Trinajstić information content (AvgIpc) is 3.21. The summed E-state index contributed by atoms with van der Waals surface area (Å²) in [7, 11) is -2.62. The van der Waals surface area contributed by atoms with Gasteiger partial charge < -0.3 is 10.1 Å². The number of carbonyl (C=O) groups excluding carboxylic acids is 2. The van der Waals surface area contributed by atoms with Crippen LogP contribution in [0.3, 0.4) is 0 Å². The number of hydrogen-bond acceptors (Lipinski definition) is 5. The van der Waals surface area contributed by atoms with Gasteiger partial charge in [-0.25, -0.2) is 13.2 Å². The number of sulfonamides is 1. The summed E-state index contributed by atoms with van der Waals surface area (Å²) < 4.78 is 32.4. The average molecular weight is 407 g/mol. The van der Waals surface area contributed by atoms with E-state index in [1.807, 2.05) is 0 Å². The SMILES string of the molecule is COC(=O)c1ccc2c(c1)CCN2S(=O)(=O)c1cc2c(cc1Cl)NC(=O)C2. The molecule has 0 aromatic heterocycles. The molecule has 0 bridgehead atoms. The predicted octanol–water partition coefficient (Wildman–Crippen LogP) is 2.37. The van der Waals surface area contributed by atoms with Gasteiger partial charge in [0, 0.05) is 12.2 Å². The van der Waals surface area contributed by atoms with E-state index in [9.17, 15) is 18.0 Å². The number of amides is 1. The number of nitrogens with one attached hydrogen (secondary N) is 1. The second-order valence-electron chi connectivity index (χ2n) is 6.33. The largest absolute Gasteiger partial charge is 0.465 e. The second kappa shape index (κ2) is 6.24. The fourth-order valence-electron chi connectivity index (χ4n) is 3.41. The van der Waals surface area contributed by atoms with Gasteiger partial charge in [0.1, 0.15) is 4.90 Å². The van der Waals surface area contributed by atoms with Crippen LogP contribution >= 0.6 is 11.6 Å². The fourth-order valence-corrected chi connectivity index (χ4v) is 5.47. The number of fused-ring (bicyclic) bond motifs is 2. The van der Waals surface area contributed by atoms with E-state index in [4.69, 9.17) is 16.3 Å². The highest BCUT2D eigenvalue weighted by molar-refractivity contribution is 7.93. The molecule has 2 aromatic rings. The second-order valence-corrected chi connectivity index (χ2v) is 8.56. The van der Waals surface area contributed by atoms with Crippen LogP contribution in [-0.2, 0) is 32.4 Å². The number of benzene rings is 2. The van der Waals surface area contributed by atoms with Crippen molar-refractivity contribution in [2.24, 2.45) is 0 Å². The molecule has 0 saturated heterocycles. The number of hydrogen-bond donors (Lipinski definition) is 1. The molecule has 2 heterocycles. The Morgan fingerprint density at radius 1 is 1.22 bits per heavy atom. The molecule has 0 unspecified atom stereocenters. The highest BCUT2D eigenvalue weighted by atomic mass is 35.5. The molecule has 0 fully saturated rings.